The number of hydrogen-bond acceptors (Lipinski definition) is 6. The van der Waals surface area contributed by atoms with Crippen LogP contribution >= 0.6 is 0 Å². The number of rotatable bonds is 10. The minimum absolute atomic E-state index is 0.0869. The fourth-order valence-electron chi connectivity index (χ4n) is 4.39. The predicted octanol–water partition coefficient (Wildman–Crippen LogP) is 3.58. The van der Waals surface area contributed by atoms with Gasteiger partial charge >= 0.3 is 5.97 Å². The van der Waals surface area contributed by atoms with Gasteiger partial charge in [-0.05, 0) is 50.8 Å². The van der Waals surface area contributed by atoms with Gasteiger partial charge in [-0.1, -0.05) is 30.3 Å². The Labute approximate surface area is 201 Å². The lowest BCUT2D eigenvalue weighted by molar-refractivity contribution is 0.0587. The van der Waals surface area contributed by atoms with Crippen molar-refractivity contribution in [2.75, 3.05) is 26.8 Å². The lowest BCUT2D eigenvalue weighted by Gasteiger charge is -2.23. The van der Waals surface area contributed by atoms with Crippen LogP contribution in [0.1, 0.15) is 57.4 Å². The van der Waals surface area contributed by atoms with Crippen LogP contribution in [0.3, 0.4) is 0 Å². The maximum Gasteiger partial charge on any atom is 0.354 e. The number of ketones is 1. The molecule has 0 amide bonds. The summed E-state index contributed by atoms with van der Waals surface area (Å²) in [4.78, 5) is 25.8. The highest BCUT2D eigenvalue weighted by atomic mass is 32.2. The van der Waals surface area contributed by atoms with Gasteiger partial charge < -0.3 is 14.0 Å². The summed E-state index contributed by atoms with van der Waals surface area (Å²) in [5.41, 5.74) is 2.50. The number of carbonyl (C=O) groups is 2. The van der Waals surface area contributed by atoms with E-state index in [2.05, 4.69) is 0 Å². The number of Topliss-reactive ketones (excluding diaryl/α,β-unsaturated/α-hetero) is 1. The molecule has 0 bridgehead atoms. The summed E-state index contributed by atoms with van der Waals surface area (Å²) >= 11 is 0. The Morgan fingerprint density at radius 2 is 1.94 bits per heavy atom. The molecule has 9 heteroatoms. The van der Waals surface area contributed by atoms with E-state index in [1.165, 1.54) is 17.5 Å². The van der Waals surface area contributed by atoms with Gasteiger partial charge in [-0.3, -0.25) is 4.79 Å². The van der Waals surface area contributed by atoms with Crippen molar-refractivity contribution in [2.45, 2.75) is 46.3 Å². The molecular weight excluding hydrogens is 456 g/mol. The summed E-state index contributed by atoms with van der Waals surface area (Å²) in [6, 6.07) is 9.10. The molecule has 1 aromatic carbocycles. The fourth-order valence-corrected chi connectivity index (χ4v) is 5.56. The zero-order chi connectivity index (χ0) is 24.9. The molecule has 1 aliphatic heterocycles. The van der Waals surface area contributed by atoms with Crippen molar-refractivity contribution < 1.29 is 27.5 Å². The molecular formula is C25H32N2O6S. The number of ether oxygens (including phenoxy) is 2. The molecule has 184 valence electrons. The van der Waals surface area contributed by atoms with Crippen molar-refractivity contribution in [3.05, 3.63) is 63.8 Å². The zero-order valence-electron chi connectivity index (χ0n) is 20.1. The van der Waals surface area contributed by atoms with Gasteiger partial charge in [0, 0.05) is 36.4 Å². The molecule has 34 heavy (non-hydrogen) atoms. The van der Waals surface area contributed by atoms with Crippen LogP contribution in [0.4, 0.5) is 0 Å². The Kier molecular flexibility index (Phi) is 8.46. The number of hydrogen-bond donors (Lipinski definition) is 0. The Hall–Kier alpha value is -2.75. The number of nitrogens with zero attached hydrogens (tertiary/aromatic N) is 2. The topological polar surface area (TPSA) is 94.9 Å². The molecule has 8 nitrogen and oxygen atoms in total. The van der Waals surface area contributed by atoms with Gasteiger partial charge in [-0.25, -0.2) is 13.2 Å². The molecule has 0 N–H and O–H groups in total. The highest BCUT2D eigenvalue weighted by Gasteiger charge is 2.32. The third-order valence-electron chi connectivity index (χ3n) is 6.08. The Bertz CT molecular complexity index is 1160. The van der Waals surface area contributed by atoms with Crippen LogP contribution in [0.2, 0.25) is 0 Å². The van der Waals surface area contributed by atoms with Crippen LogP contribution in [-0.4, -0.2) is 62.0 Å². The lowest BCUT2D eigenvalue weighted by Crippen LogP contribution is -2.40. The molecule has 0 aliphatic carbocycles. The summed E-state index contributed by atoms with van der Waals surface area (Å²) in [6.07, 6.45) is 2.84. The number of carbonyl (C=O) groups excluding carboxylic acids is 2. The van der Waals surface area contributed by atoms with Gasteiger partial charge in [0.1, 0.15) is 5.69 Å². The summed E-state index contributed by atoms with van der Waals surface area (Å²) in [6.45, 7) is 6.10. The SMILES string of the molecule is CCn1c(C)c(C(=O)CN(CC2CCCO2)S(=O)(=O)/C=C/c2ccccc2)c(C)c1C(=O)OC. The average Bonchev–Trinajstić information content (AvgIpc) is 3.42. The number of esters is 1. The van der Waals surface area contributed by atoms with Gasteiger partial charge in [0.25, 0.3) is 0 Å². The van der Waals surface area contributed by atoms with Crippen molar-refractivity contribution in [2.24, 2.45) is 0 Å². The van der Waals surface area contributed by atoms with Gasteiger partial charge in [-0.15, -0.1) is 0 Å². The highest BCUT2D eigenvalue weighted by Crippen LogP contribution is 2.25. The first-order valence-electron chi connectivity index (χ1n) is 11.4. The van der Waals surface area contributed by atoms with E-state index in [1.807, 2.05) is 25.1 Å². The standard InChI is InChI=1S/C25H32N2O6S/c1-5-27-19(3)23(18(2)24(27)25(29)32-4)22(28)17-26(16-21-12-9-14-33-21)34(30,31)15-13-20-10-7-6-8-11-20/h6-8,10-11,13,15,21H,5,9,12,14,16-17H2,1-4H3/b15-13+. The lowest BCUT2D eigenvalue weighted by atomic mass is 10.1. The first-order chi connectivity index (χ1) is 16.2. The van der Waals surface area contributed by atoms with E-state index >= 15 is 0 Å². The monoisotopic (exact) mass is 488 g/mol. The van der Waals surface area contributed by atoms with Gasteiger partial charge in [0.05, 0.1) is 19.8 Å². The van der Waals surface area contributed by atoms with Crippen LogP contribution in [0.5, 0.6) is 0 Å². The molecule has 1 atom stereocenters. The smallest absolute Gasteiger partial charge is 0.354 e. The maximum atomic E-state index is 13.4. The summed E-state index contributed by atoms with van der Waals surface area (Å²) in [5.74, 6) is -0.904. The number of benzene rings is 1. The van der Waals surface area contributed by atoms with E-state index in [0.717, 1.165) is 23.8 Å². The maximum absolute atomic E-state index is 13.4. The van der Waals surface area contributed by atoms with Gasteiger partial charge in [-0.2, -0.15) is 4.31 Å². The molecule has 1 aliphatic rings. The van der Waals surface area contributed by atoms with Crippen molar-refractivity contribution in [3.63, 3.8) is 0 Å². The second-order valence-corrected chi connectivity index (χ2v) is 10.1. The molecule has 3 rings (SSSR count). The van der Waals surface area contributed by atoms with Crippen molar-refractivity contribution in [1.82, 2.24) is 8.87 Å². The first-order valence-corrected chi connectivity index (χ1v) is 12.9. The van der Waals surface area contributed by atoms with Crippen molar-refractivity contribution in [3.8, 4) is 0 Å². The third-order valence-corrected chi connectivity index (χ3v) is 7.56. The van der Waals surface area contributed by atoms with E-state index < -0.39 is 16.0 Å². The Morgan fingerprint density at radius 3 is 2.53 bits per heavy atom. The van der Waals surface area contributed by atoms with Crippen LogP contribution in [0.15, 0.2) is 35.7 Å². The summed E-state index contributed by atoms with van der Waals surface area (Å²) < 4.78 is 40.0. The minimum Gasteiger partial charge on any atom is -0.464 e. The minimum atomic E-state index is -3.91. The van der Waals surface area contributed by atoms with E-state index in [9.17, 15) is 18.0 Å². The molecule has 1 fully saturated rings. The summed E-state index contributed by atoms with van der Waals surface area (Å²) in [7, 11) is -2.62. The molecule has 1 aromatic heterocycles. The second-order valence-electron chi connectivity index (χ2n) is 8.28. The Balaban J connectivity index is 1.94. The second kappa shape index (κ2) is 11.1. The van der Waals surface area contributed by atoms with E-state index in [-0.39, 0.29) is 25.0 Å². The van der Waals surface area contributed by atoms with Crippen LogP contribution in [0.25, 0.3) is 6.08 Å². The van der Waals surface area contributed by atoms with Crippen LogP contribution in [0, 0.1) is 13.8 Å². The molecule has 1 unspecified atom stereocenters. The van der Waals surface area contributed by atoms with Crippen molar-refractivity contribution >= 4 is 27.9 Å². The largest absolute Gasteiger partial charge is 0.464 e. The zero-order valence-corrected chi connectivity index (χ0v) is 20.9. The highest BCUT2D eigenvalue weighted by molar-refractivity contribution is 7.92. The molecule has 1 saturated heterocycles. The third kappa shape index (κ3) is 5.65. The van der Waals surface area contributed by atoms with Crippen LogP contribution < -0.4 is 0 Å². The molecule has 0 radical (unpaired) electrons. The van der Waals surface area contributed by atoms with Crippen LogP contribution in [-0.2, 0) is 26.0 Å². The normalized spacial score (nSPS) is 16.4. The Morgan fingerprint density at radius 1 is 1.24 bits per heavy atom. The van der Waals surface area contributed by atoms with Gasteiger partial charge in [0.2, 0.25) is 10.0 Å². The number of sulfonamides is 1. The molecule has 0 saturated carbocycles. The van der Waals surface area contributed by atoms with Crippen molar-refractivity contribution in [1.29, 1.82) is 0 Å². The number of aromatic nitrogens is 1. The average molecular weight is 489 g/mol. The van der Waals surface area contributed by atoms with E-state index in [4.69, 9.17) is 9.47 Å². The molecule has 0 spiro atoms. The number of methoxy groups -OCH3 is 1. The summed E-state index contributed by atoms with van der Waals surface area (Å²) in [5, 5.41) is 1.13. The van der Waals surface area contributed by atoms with Gasteiger partial charge in [0.15, 0.2) is 5.78 Å². The predicted molar refractivity (Wildman–Crippen MR) is 130 cm³/mol. The first kappa shape index (κ1) is 25.9. The fraction of sp³-hybridized carbons (Fsp3) is 0.440. The quantitative estimate of drug-likeness (QED) is 0.375. The molecule has 2 heterocycles. The molecule has 2 aromatic rings. The van der Waals surface area contributed by atoms with E-state index in [1.54, 1.807) is 30.5 Å². The van der Waals surface area contributed by atoms with E-state index in [0.29, 0.717) is 35.7 Å².